The average molecular weight is 427 g/mol. The first-order chi connectivity index (χ1) is 12.9. The summed E-state index contributed by atoms with van der Waals surface area (Å²) in [6.07, 6.45) is 0. The van der Waals surface area contributed by atoms with E-state index >= 15 is 0 Å². The Balaban J connectivity index is 2.24. The van der Waals surface area contributed by atoms with Crippen LogP contribution in [0.1, 0.15) is 28.4 Å². The van der Waals surface area contributed by atoms with Crippen LogP contribution in [0.15, 0.2) is 64.5 Å². The number of nitrogens with one attached hydrogen (secondary N) is 2. The van der Waals surface area contributed by atoms with Crippen LogP contribution in [-0.2, 0) is 15.6 Å². The minimum absolute atomic E-state index is 0.143. The second kappa shape index (κ2) is 10.1. The molecule has 0 aliphatic rings. The van der Waals surface area contributed by atoms with Crippen molar-refractivity contribution < 1.29 is 13.9 Å². The number of halogens is 2. The molecule has 0 aliphatic heterocycles. The number of aryl methyl sites for hydroxylation is 1. The van der Waals surface area contributed by atoms with E-state index in [2.05, 4.69) is 10.4 Å². The highest BCUT2D eigenvalue weighted by molar-refractivity contribution is 7.61. The normalized spacial score (nSPS) is 12.9. The molecule has 2 aromatic rings. The quantitative estimate of drug-likeness (QED) is 0.558. The predicted octanol–water partition coefficient (Wildman–Crippen LogP) is 5.35. The molecule has 1 amide bonds. The molecule has 0 saturated carbocycles. The lowest BCUT2D eigenvalue weighted by Crippen LogP contribution is -2.27. The van der Waals surface area contributed by atoms with Crippen LogP contribution >= 0.6 is 30.7 Å². The molecule has 2 N–H and O–H groups in total. The van der Waals surface area contributed by atoms with Crippen LogP contribution in [0.25, 0.3) is 0 Å². The maximum atomic E-state index is 13.4. The highest BCUT2D eigenvalue weighted by atomic mass is 35.5. The number of hydrogen-bond acceptors (Lipinski definition) is 3. The second-order valence-electron chi connectivity index (χ2n) is 5.72. The molecule has 8 heteroatoms. The molecule has 5 nitrogen and oxygen atoms in total. The Bertz CT molecular complexity index is 851. The van der Waals surface area contributed by atoms with Gasteiger partial charge in [-0.15, -0.1) is 0 Å². The Labute approximate surface area is 169 Å². The van der Waals surface area contributed by atoms with Crippen molar-refractivity contribution in [3.05, 3.63) is 81.2 Å². The zero-order valence-electron chi connectivity index (χ0n) is 15.0. The summed E-state index contributed by atoms with van der Waals surface area (Å²) in [5.74, 6) is -0.481. The molecule has 0 spiro atoms. The molecule has 2 aromatic carbocycles. The number of carbonyl (C=O) groups is 1. The summed E-state index contributed by atoms with van der Waals surface area (Å²) in [7, 11) is -3.70. The van der Waals surface area contributed by atoms with Gasteiger partial charge in [-0.25, -0.2) is 5.09 Å². The van der Waals surface area contributed by atoms with Crippen molar-refractivity contribution in [1.82, 2.24) is 10.4 Å². The lowest BCUT2D eigenvalue weighted by molar-refractivity contribution is 0.0967. The number of rotatable bonds is 8. The van der Waals surface area contributed by atoms with Gasteiger partial charge in [0.25, 0.3) is 5.91 Å². The minimum Gasteiger partial charge on any atom is -0.314 e. The number of benzene rings is 2. The van der Waals surface area contributed by atoms with E-state index < -0.39 is 13.4 Å². The first kappa shape index (κ1) is 21.7. The van der Waals surface area contributed by atoms with Crippen molar-refractivity contribution in [1.29, 1.82) is 0 Å². The summed E-state index contributed by atoms with van der Waals surface area (Å²) < 4.78 is 18.5. The fraction of sp³-hybridized carbons (Fsp3) is 0.211. The Morgan fingerprint density at radius 3 is 2.26 bits per heavy atom. The lowest BCUT2D eigenvalue weighted by Gasteiger charge is -2.22. The Kier molecular flexibility index (Phi) is 8.08. The first-order valence-electron chi connectivity index (χ1n) is 8.33. The van der Waals surface area contributed by atoms with E-state index in [1.165, 1.54) is 0 Å². The average Bonchev–Trinajstić information content (AvgIpc) is 2.65. The van der Waals surface area contributed by atoms with Crippen molar-refractivity contribution in [3.63, 3.8) is 0 Å². The summed E-state index contributed by atoms with van der Waals surface area (Å²) in [4.78, 5) is 12.5. The van der Waals surface area contributed by atoms with Crippen LogP contribution in [0.5, 0.6) is 0 Å². The highest BCUT2D eigenvalue weighted by Gasteiger charge is 2.32. The van der Waals surface area contributed by atoms with E-state index in [9.17, 15) is 9.36 Å². The second-order valence-corrected chi connectivity index (χ2v) is 8.79. The van der Waals surface area contributed by atoms with Crippen LogP contribution in [0.3, 0.4) is 0 Å². The van der Waals surface area contributed by atoms with Gasteiger partial charge in [-0.05, 0) is 31.5 Å². The molecule has 2 rings (SSSR count). The van der Waals surface area contributed by atoms with Crippen molar-refractivity contribution in [2.24, 2.45) is 0 Å². The van der Waals surface area contributed by atoms with Gasteiger partial charge in [0, 0.05) is 12.1 Å². The van der Waals surface area contributed by atoms with E-state index in [1.54, 1.807) is 31.2 Å². The van der Waals surface area contributed by atoms with Crippen LogP contribution in [0.2, 0.25) is 0 Å². The molecule has 0 unspecified atom stereocenters. The molecular weight excluding hydrogens is 406 g/mol. The molecule has 0 fully saturated rings. The third-order valence-corrected chi connectivity index (χ3v) is 6.43. The SMILES string of the molecule is CCO[P@@](=O)(NCc1ccccc1)C(NC(=O)c1ccc(C)cc1)=C(Cl)Cl. The summed E-state index contributed by atoms with van der Waals surface area (Å²) >= 11 is 11.9. The fourth-order valence-corrected chi connectivity index (χ4v) is 4.65. The maximum Gasteiger partial charge on any atom is 0.318 e. The molecule has 0 bridgehead atoms. The van der Waals surface area contributed by atoms with Gasteiger partial charge in [0.05, 0.1) is 6.61 Å². The molecule has 0 aromatic heterocycles. The molecule has 0 saturated heterocycles. The van der Waals surface area contributed by atoms with E-state index in [0.717, 1.165) is 11.1 Å². The van der Waals surface area contributed by atoms with Crippen molar-refractivity contribution in [3.8, 4) is 0 Å². The highest BCUT2D eigenvalue weighted by Crippen LogP contribution is 2.52. The van der Waals surface area contributed by atoms with Gasteiger partial charge in [0.1, 0.15) is 9.93 Å². The molecule has 144 valence electrons. The van der Waals surface area contributed by atoms with Crippen LogP contribution in [0.4, 0.5) is 0 Å². The Morgan fingerprint density at radius 2 is 1.70 bits per heavy atom. The van der Waals surface area contributed by atoms with E-state index in [1.807, 2.05) is 37.3 Å². The summed E-state index contributed by atoms with van der Waals surface area (Å²) in [6, 6.07) is 16.3. The monoisotopic (exact) mass is 426 g/mol. The molecule has 0 heterocycles. The zero-order chi connectivity index (χ0) is 19.9. The van der Waals surface area contributed by atoms with Gasteiger partial charge in [-0.3, -0.25) is 9.36 Å². The molecule has 27 heavy (non-hydrogen) atoms. The smallest absolute Gasteiger partial charge is 0.314 e. The summed E-state index contributed by atoms with van der Waals surface area (Å²) in [5.41, 5.74) is 2.13. The van der Waals surface area contributed by atoms with E-state index in [0.29, 0.717) is 5.56 Å². The number of amides is 1. The van der Waals surface area contributed by atoms with E-state index in [-0.39, 0.29) is 23.1 Å². The van der Waals surface area contributed by atoms with Gasteiger partial charge >= 0.3 is 7.52 Å². The predicted molar refractivity (Wildman–Crippen MR) is 110 cm³/mol. The van der Waals surface area contributed by atoms with Crippen LogP contribution in [0, 0.1) is 6.92 Å². The van der Waals surface area contributed by atoms with E-state index in [4.69, 9.17) is 27.7 Å². The van der Waals surface area contributed by atoms with Gasteiger partial charge in [-0.1, -0.05) is 71.2 Å². The third-order valence-electron chi connectivity index (χ3n) is 3.66. The fourth-order valence-electron chi connectivity index (χ4n) is 2.28. The summed E-state index contributed by atoms with van der Waals surface area (Å²) in [6.45, 7) is 4.00. The minimum atomic E-state index is -3.70. The Hall–Kier alpha value is -1.62. The largest absolute Gasteiger partial charge is 0.318 e. The Morgan fingerprint density at radius 1 is 1.07 bits per heavy atom. The van der Waals surface area contributed by atoms with Gasteiger partial charge in [0.2, 0.25) is 0 Å². The van der Waals surface area contributed by atoms with Crippen LogP contribution in [-0.4, -0.2) is 12.5 Å². The summed E-state index contributed by atoms with van der Waals surface area (Å²) in [5, 5.41) is 5.39. The van der Waals surface area contributed by atoms with Crippen LogP contribution < -0.4 is 10.4 Å². The van der Waals surface area contributed by atoms with Gasteiger partial charge in [-0.2, -0.15) is 0 Å². The zero-order valence-corrected chi connectivity index (χ0v) is 17.4. The third kappa shape index (κ3) is 6.20. The molecule has 0 radical (unpaired) electrons. The topological polar surface area (TPSA) is 67.4 Å². The molecule has 1 atom stereocenters. The number of hydrogen-bond donors (Lipinski definition) is 2. The van der Waals surface area contributed by atoms with Crippen molar-refractivity contribution >= 4 is 36.6 Å². The standard InChI is InChI=1S/C19H21Cl2N2O3P/c1-3-26-27(25,22-13-15-7-5-4-6-8-15)19(17(20)21)23-18(24)16-11-9-14(2)10-12-16/h4-12H,3,13H2,1-2H3,(H,22,25)(H,23,24)/t27-/m1/s1. The lowest BCUT2D eigenvalue weighted by atomic mass is 10.1. The van der Waals surface area contributed by atoms with Gasteiger partial charge < -0.3 is 9.84 Å². The van der Waals surface area contributed by atoms with Crippen molar-refractivity contribution in [2.45, 2.75) is 20.4 Å². The maximum absolute atomic E-state index is 13.4. The van der Waals surface area contributed by atoms with Crippen molar-refractivity contribution in [2.75, 3.05) is 6.61 Å². The first-order valence-corrected chi connectivity index (χ1v) is 10.7. The van der Waals surface area contributed by atoms with Gasteiger partial charge in [0.15, 0.2) is 0 Å². The molecular formula is C19H21Cl2N2O3P. The number of carbonyl (C=O) groups excluding carboxylic acids is 1. The molecule has 0 aliphatic carbocycles.